The fraction of sp³-hybridized carbons (Fsp3) is 0.750. The zero-order chi connectivity index (χ0) is 10.3. The molecule has 2 aliphatic rings. The molecular weight excluding hydrogens is 176 g/mol. The van der Waals surface area contributed by atoms with Gasteiger partial charge >= 0.3 is 5.97 Å². The van der Waals surface area contributed by atoms with Gasteiger partial charge in [0.1, 0.15) is 5.60 Å². The molecule has 78 valence electrons. The number of rotatable bonds is 1. The number of esters is 1. The first-order chi connectivity index (χ1) is 6.53. The van der Waals surface area contributed by atoms with Gasteiger partial charge in [0, 0.05) is 12.0 Å². The highest BCUT2D eigenvalue weighted by atomic mass is 16.6. The van der Waals surface area contributed by atoms with Crippen LogP contribution in [0.25, 0.3) is 0 Å². The molecule has 1 heterocycles. The Kier molecular flexibility index (Phi) is 2.17. The normalized spacial score (nSPS) is 41.3. The lowest BCUT2D eigenvalue weighted by Gasteiger charge is -2.35. The van der Waals surface area contributed by atoms with E-state index in [0.717, 1.165) is 6.42 Å². The highest BCUT2D eigenvalue weighted by Crippen LogP contribution is 2.48. The van der Waals surface area contributed by atoms with E-state index in [2.05, 4.69) is 26.8 Å². The van der Waals surface area contributed by atoms with E-state index in [4.69, 9.17) is 4.74 Å². The number of carbonyl (C=O) groups excluding carboxylic acids is 1. The number of fused-ring (bicyclic) bond motifs is 1. The lowest BCUT2D eigenvalue weighted by Crippen LogP contribution is -2.39. The predicted molar refractivity (Wildman–Crippen MR) is 54.7 cm³/mol. The Morgan fingerprint density at radius 3 is 2.93 bits per heavy atom. The summed E-state index contributed by atoms with van der Waals surface area (Å²) < 4.78 is 5.45. The van der Waals surface area contributed by atoms with Crippen LogP contribution >= 0.6 is 0 Å². The van der Waals surface area contributed by atoms with Crippen molar-refractivity contribution < 1.29 is 9.53 Å². The van der Waals surface area contributed by atoms with Gasteiger partial charge in [0.05, 0.1) is 0 Å². The predicted octanol–water partition coefficient (Wildman–Crippen LogP) is 2.54. The van der Waals surface area contributed by atoms with E-state index >= 15 is 0 Å². The largest absolute Gasteiger partial charge is 0.456 e. The highest BCUT2D eigenvalue weighted by Gasteiger charge is 2.48. The van der Waals surface area contributed by atoms with Gasteiger partial charge in [-0.05, 0) is 31.6 Å². The molecule has 2 rings (SSSR count). The second kappa shape index (κ2) is 3.11. The monoisotopic (exact) mass is 194 g/mol. The number of hydrogen-bond donors (Lipinski definition) is 0. The van der Waals surface area contributed by atoms with E-state index in [9.17, 15) is 4.79 Å². The zero-order valence-corrected chi connectivity index (χ0v) is 9.12. The van der Waals surface area contributed by atoms with Crippen LogP contribution in [0.1, 0.15) is 33.6 Å². The van der Waals surface area contributed by atoms with Crippen molar-refractivity contribution in [3.8, 4) is 0 Å². The first kappa shape index (κ1) is 9.75. The fourth-order valence-electron chi connectivity index (χ4n) is 2.91. The van der Waals surface area contributed by atoms with Crippen LogP contribution in [0.4, 0.5) is 0 Å². The third kappa shape index (κ3) is 1.37. The molecule has 2 heteroatoms. The zero-order valence-electron chi connectivity index (χ0n) is 9.12. The summed E-state index contributed by atoms with van der Waals surface area (Å²) in [6, 6.07) is 0. The van der Waals surface area contributed by atoms with Gasteiger partial charge in [0.25, 0.3) is 0 Å². The van der Waals surface area contributed by atoms with Crippen molar-refractivity contribution in [2.24, 2.45) is 17.8 Å². The second-order valence-corrected chi connectivity index (χ2v) is 5.07. The van der Waals surface area contributed by atoms with Crippen LogP contribution in [0.5, 0.6) is 0 Å². The van der Waals surface area contributed by atoms with Crippen LogP contribution in [0, 0.1) is 17.8 Å². The number of carbonyl (C=O) groups is 1. The second-order valence-electron chi connectivity index (χ2n) is 5.07. The molecule has 0 aromatic rings. The summed E-state index contributed by atoms with van der Waals surface area (Å²) >= 11 is 0. The van der Waals surface area contributed by atoms with Gasteiger partial charge in [0.15, 0.2) is 0 Å². The molecule has 14 heavy (non-hydrogen) atoms. The lowest BCUT2D eigenvalue weighted by molar-refractivity contribution is -0.156. The molecule has 0 N–H and O–H groups in total. The minimum Gasteiger partial charge on any atom is -0.456 e. The average molecular weight is 194 g/mol. The lowest BCUT2D eigenvalue weighted by atomic mass is 9.80. The molecule has 0 spiro atoms. The number of hydrogen-bond acceptors (Lipinski definition) is 2. The summed E-state index contributed by atoms with van der Waals surface area (Å²) in [5.74, 6) is 1.60. The molecular formula is C12H18O2. The molecule has 0 unspecified atom stereocenters. The van der Waals surface area contributed by atoms with E-state index in [0.29, 0.717) is 17.8 Å². The summed E-state index contributed by atoms with van der Waals surface area (Å²) in [7, 11) is 0. The Morgan fingerprint density at radius 2 is 2.29 bits per heavy atom. The van der Waals surface area contributed by atoms with Gasteiger partial charge < -0.3 is 4.74 Å². The van der Waals surface area contributed by atoms with E-state index in [1.54, 1.807) is 6.08 Å². The van der Waals surface area contributed by atoms with Gasteiger partial charge in [0.2, 0.25) is 0 Å². The standard InChI is InChI=1S/C12H18O2/c1-8(2)9-6-7-12(3)10(9)4-5-11(13)14-12/h4-5,8-10H,6-7H2,1-3H3/t9-,10+,12-/m0/s1. The molecule has 2 nitrogen and oxygen atoms in total. The summed E-state index contributed by atoms with van der Waals surface area (Å²) in [6.45, 7) is 6.57. The molecule has 1 aliphatic carbocycles. The molecule has 3 atom stereocenters. The van der Waals surface area contributed by atoms with Gasteiger partial charge in [-0.15, -0.1) is 0 Å². The van der Waals surface area contributed by atoms with Crippen LogP contribution in [0.2, 0.25) is 0 Å². The molecule has 0 amide bonds. The van der Waals surface area contributed by atoms with E-state index in [1.165, 1.54) is 6.42 Å². The molecule has 0 radical (unpaired) electrons. The van der Waals surface area contributed by atoms with E-state index in [-0.39, 0.29) is 11.6 Å². The first-order valence-electron chi connectivity index (χ1n) is 5.44. The smallest absolute Gasteiger partial charge is 0.330 e. The van der Waals surface area contributed by atoms with Crippen molar-refractivity contribution in [2.75, 3.05) is 0 Å². The van der Waals surface area contributed by atoms with Gasteiger partial charge in [-0.2, -0.15) is 0 Å². The van der Waals surface area contributed by atoms with Crippen LogP contribution in [0.3, 0.4) is 0 Å². The summed E-state index contributed by atoms with van der Waals surface area (Å²) in [5, 5.41) is 0. The van der Waals surface area contributed by atoms with Crippen molar-refractivity contribution in [3.05, 3.63) is 12.2 Å². The summed E-state index contributed by atoms with van der Waals surface area (Å²) in [4.78, 5) is 11.2. The highest BCUT2D eigenvalue weighted by molar-refractivity contribution is 5.83. The Bertz CT molecular complexity index is 280. The van der Waals surface area contributed by atoms with Crippen molar-refractivity contribution >= 4 is 5.97 Å². The SMILES string of the molecule is CC(C)[C@@H]1CC[C@]2(C)OC(=O)C=C[C@H]12. The third-order valence-corrected chi connectivity index (χ3v) is 3.77. The maximum atomic E-state index is 11.2. The van der Waals surface area contributed by atoms with Crippen LogP contribution < -0.4 is 0 Å². The van der Waals surface area contributed by atoms with Crippen LogP contribution in [-0.4, -0.2) is 11.6 Å². The molecule has 0 aromatic carbocycles. The molecule has 1 aliphatic heterocycles. The van der Waals surface area contributed by atoms with Crippen LogP contribution in [-0.2, 0) is 9.53 Å². The first-order valence-corrected chi connectivity index (χ1v) is 5.44. The Hall–Kier alpha value is -0.790. The quantitative estimate of drug-likeness (QED) is 0.600. The van der Waals surface area contributed by atoms with E-state index < -0.39 is 0 Å². The van der Waals surface area contributed by atoms with Crippen molar-refractivity contribution in [3.63, 3.8) is 0 Å². The molecule has 1 fully saturated rings. The maximum Gasteiger partial charge on any atom is 0.330 e. The van der Waals surface area contributed by atoms with Crippen molar-refractivity contribution in [2.45, 2.75) is 39.2 Å². The average Bonchev–Trinajstić information content (AvgIpc) is 2.40. The molecule has 0 saturated heterocycles. The van der Waals surface area contributed by atoms with Gasteiger partial charge in [-0.25, -0.2) is 4.79 Å². The molecule has 0 aromatic heterocycles. The molecule has 1 saturated carbocycles. The van der Waals surface area contributed by atoms with E-state index in [1.807, 2.05) is 0 Å². The maximum absolute atomic E-state index is 11.2. The fourth-order valence-corrected chi connectivity index (χ4v) is 2.91. The summed E-state index contributed by atoms with van der Waals surface area (Å²) in [6.07, 6.45) is 5.84. The minimum atomic E-state index is -0.221. The van der Waals surface area contributed by atoms with Crippen LogP contribution in [0.15, 0.2) is 12.2 Å². The van der Waals surface area contributed by atoms with Gasteiger partial charge in [-0.3, -0.25) is 0 Å². The number of ether oxygens (including phenoxy) is 1. The third-order valence-electron chi connectivity index (χ3n) is 3.77. The Morgan fingerprint density at radius 1 is 1.57 bits per heavy atom. The minimum absolute atomic E-state index is 0.173. The summed E-state index contributed by atoms with van der Waals surface area (Å²) in [5.41, 5.74) is -0.221. The van der Waals surface area contributed by atoms with Gasteiger partial charge in [-0.1, -0.05) is 19.9 Å². The molecule has 0 bridgehead atoms. The topological polar surface area (TPSA) is 26.3 Å². The Labute approximate surface area is 85.3 Å². The van der Waals surface area contributed by atoms with Crippen molar-refractivity contribution in [1.29, 1.82) is 0 Å². The Balaban J connectivity index is 2.26. The van der Waals surface area contributed by atoms with Crippen molar-refractivity contribution in [1.82, 2.24) is 0 Å².